The number of benzene rings is 3. The Morgan fingerprint density at radius 2 is 1.32 bits per heavy atom. The second kappa shape index (κ2) is 9.34. The molecule has 0 aromatic heterocycles. The zero-order chi connectivity index (χ0) is 28.8. The summed E-state index contributed by atoms with van der Waals surface area (Å²) in [7, 11) is 0. The van der Waals surface area contributed by atoms with Gasteiger partial charge >= 0.3 is 6.36 Å². The van der Waals surface area contributed by atoms with Crippen LogP contribution in [0, 0.1) is 49.3 Å². The van der Waals surface area contributed by atoms with Crippen LogP contribution in [0.5, 0.6) is 5.75 Å². The van der Waals surface area contributed by atoms with Gasteiger partial charge in [0.2, 0.25) is 5.70 Å². The molecule has 6 nitrogen and oxygen atoms in total. The monoisotopic (exact) mass is 527 g/mol. The summed E-state index contributed by atoms with van der Waals surface area (Å²) in [6.45, 7) is 24.9. The first kappa shape index (κ1) is 25.6. The smallest absolute Gasteiger partial charge is 0.406 e. The molecule has 0 spiro atoms. The van der Waals surface area contributed by atoms with Crippen molar-refractivity contribution in [1.82, 2.24) is 0 Å². The zero-order valence-corrected chi connectivity index (χ0v) is 20.5. The summed E-state index contributed by atoms with van der Waals surface area (Å²) in [5.74, 6) is -0.558. The highest BCUT2D eigenvalue weighted by molar-refractivity contribution is 6.24. The molecule has 2 aliphatic rings. The van der Waals surface area contributed by atoms with Crippen molar-refractivity contribution in [3.05, 3.63) is 134 Å². The molecule has 188 valence electrons. The van der Waals surface area contributed by atoms with Gasteiger partial charge in [-0.25, -0.2) is 25.1 Å². The number of allylic oxidation sites excluding steroid dienone is 4. The summed E-state index contributed by atoms with van der Waals surface area (Å²) in [5, 5.41) is 19.5. The first-order valence-electron chi connectivity index (χ1n) is 11.5. The minimum absolute atomic E-state index is 0.00800. The van der Waals surface area contributed by atoms with Gasteiger partial charge in [0.15, 0.2) is 0 Å². The number of fused-ring (bicyclic) bond motifs is 4. The lowest BCUT2D eigenvalue weighted by Crippen LogP contribution is -2.17. The van der Waals surface area contributed by atoms with Crippen molar-refractivity contribution in [3.63, 3.8) is 0 Å². The Morgan fingerprint density at radius 1 is 0.750 bits per heavy atom. The SMILES string of the molecule is [C-]#[N+]C1=C(c2ccc3c(c2)/C(=C(\C#N)[N+]#[C-])c2cc(C)ccc2-3)/C(=C(/C#N)[N+]#[C-])c2cc(OC(F)(F)F)ccc21. The molecule has 0 radical (unpaired) electrons. The number of halogens is 3. The maximum Gasteiger partial charge on any atom is 0.573 e. The van der Waals surface area contributed by atoms with Crippen LogP contribution < -0.4 is 4.74 Å². The Labute approximate surface area is 226 Å². The van der Waals surface area contributed by atoms with Crippen molar-refractivity contribution >= 4 is 22.4 Å². The molecule has 0 amide bonds. The summed E-state index contributed by atoms with van der Waals surface area (Å²) in [4.78, 5) is 10.4. The van der Waals surface area contributed by atoms with E-state index in [0.29, 0.717) is 22.3 Å². The summed E-state index contributed by atoms with van der Waals surface area (Å²) in [5.41, 5.74) is 4.62. The van der Waals surface area contributed by atoms with E-state index in [9.17, 15) is 23.7 Å². The van der Waals surface area contributed by atoms with Crippen LogP contribution in [0.4, 0.5) is 13.2 Å². The minimum Gasteiger partial charge on any atom is -0.406 e. The Morgan fingerprint density at radius 3 is 1.93 bits per heavy atom. The van der Waals surface area contributed by atoms with Crippen LogP contribution in [0.3, 0.4) is 0 Å². The first-order valence-corrected chi connectivity index (χ1v) is 11.5. The molecule has 0 aliphatic heterocycles. The van der Waals surface area contributed by atoms with Crippen molar-refractivity contribution in [2.75, 3.05) is 0 Å². The number of ether oxygens (including phenoxy) is 1. The highest BCUT2D eigenvalue weighted by Crippen LogP contribution is 2.52. The van der Waals surface area contributed by atoms with Gasteiger partial charge in [0, 0.05) is 5.57 Å². The summed E-state index contributed by atoms with van der Waals surface area (Å²) < 4.78 is 42.9. The van der Waals surface area contributed by atoms with Gasteiger partial charge in [0.1, 0.15) is 5.75 Å². The third kappa shape index (κ3) is 3.95. The Balaban J connectivity index is 1.80. The standard InChI is InChI=1S/C31H12F3N5O/c1-16-5-8-19-20-9-6-17(12-23(20)28(22(19)11-16)25(14-35)37-2)27-29(26(15-36)38-3)24-13-18(40-31(32,33)34)7-10-21(24)30(27)39-4/h5-13H,1H3/b28-25+,29-26-. The van der Waals surface area contributed by atoms with E-state index in [-0.39, 0.29) is 33.7 Å². The number of nitrogens with zero attached hydrogens (tertiary/aromatic N) is 5. The Bertz CT molecular complexity index is 1950. The third-order valence-corrected chi connectivity index (χ3v) is 6.57. The van der Waals surface area contributed by atoms with Gasteiger partial charge in [-0.15, -0.1) is 13.2 Å². The average molecular weight is 527 g/mol. The number of hydrogen-bond acceptors (Lipinski definition) is 3. The molecule has 40 heavy (non-hydrogen) atoms. The van der Waals surface area contributed by atoms with Crippen molar-refractivity contribution in [1.29, 1.82) is 10.5 Å². The van der Waals surface area contributed by atoms with Crippen LogP contribution in [-0.4, -0.2) is 6.36 Å². The molecule has 0 N–H and O–H groups in total. The molecule has 5 rings (SSSR count). The topological polar surface area (TPSA) is 69.9 Å². The molecular formula is C31H12F3N5O. The molecule has 0 atom stereocenters. The predicted molar refractivity (Wildman–Crippen MR) is 141 cm³/mol. The summed E-state index contributed by atoms with van der Waals surface area (Å²) in [6, 6.07) is 18.0. The van der Waals surface area contributed by atoms with E-state index in [4.69, 9.17) is 19.7 Å². The van der Waals surface area contributed by atoms with Crippen molar-refractivity contribution < 1.29 is 17.9 Å². The van der Waals surface area contributed by atoms with Crippen molar-refractivity contribution in [2.45, 2.75) is 13.3 Å². The fourth-order valence-corrected chi connectivity index (χ4v) is 5.08. The molecule has 3 aromatic rings. The largest absolute Gasteiger partial charge is 0.573 e. The maximum atomic E-state index is 12.9. The van der Waals surface area contributed by atoms with Crippen LogP contribution in [0.15, 0.2) is 66.0 Å². The molecule has 3 aromatic carbocycles. The maximum absolute atomic E-state index is 12.9. The second-order valence-corrected chi connectivity index (χ2v) is 8.79. The van der Waals surface area contributed by atoms with Gasteiger partial charge in [0.05, 0.1) is 31.9 Å². The van der Waals surface area contributed by atoms with E-state index >= 15 is 0 Å². The lowest BCUT2D eigenvalue weighted by molar-refractivity contribution is -0.274. The van der Waals surface area contributed by atoms with E-state index in [0.717, 1.165) is 28.8 Å². The Hall–Kier alpha value is -6.08. The van der Waals surface area contributed by atoms with Crippen LogP contribution in [0.2, 0.25) is 0 Å². The van der Waals surface area contributed by atoms with E-state index in [1.54, 1.807) is 24.3 Å². The molecule has 0 fully saturated rings. The fraction of sp³-hybridized carbons (Fsp3) is 0.0645. The molecule has 0 saturated carbocycles. The molecule has 0 unspecified atom stereocenters. The van der Waals surface area contributed by atoms with E-state index in [2.05, 4.69) is 19.3 Å². The van der Waals surface area contributed by atoms with Gasteiger partial charge in [-0.05, 0) is 75.2 Å². The summed E-state index contributed by atoms with van der Waals surface area (Å²) >= 11 is 0. The van der Waals surface area contributed by atoms with Crippen LogP contribution in [0.1, 0.15) is 33.4 Å². The number of rotatable bonds is 2. The van der Waals surface area contributed by atoms with E-state index in [1.807, 2.05) is 31.2 Å². The van der Waals surface area contributed by atoms with Gasteiger partial charge < -0.3 is 4.74 Å². The van der Waals surface area contributed by atoms with Crippen LogP contribution in [0.25, 0.3) is 48.1 Å². The number of alkyl halides is 3. The molecular weight excluding hydrogens is 515 g/mol. The predicted octanol–water partition coefficient (Wildman–Crippen LogP) is 8.03. The molecule has 9 heteroatoms. The van der Waals surface area contributed by atoms with E-state index < -0.39 is 17.8 Å². The zero-order valence-electron chi connectivity index (χ0n) is 20.5. The van der Waals surface area contributed by atoms with Gasteiger partial charge in [0.25, 0.3) is 11.4 Å². The molecule has 2 aliphatic carbocycles. The van der Waals surface area contributed by atoms with Crippen molar-refractivity contribution in [3.8, 4) is 29.0 Å². The fourth-order valence-electron chi connectivity index (χ4n) is 5.08. The van der Waals surface area contributed by atoms with Crippen LogP contribution >= 0.6 is 0 Å². The number of aryl methyl sites for hydroxylation is 1. The highest BCUT2D eigenvalue weighted by Gasteiger charge is 2.35. The van der Waals surface area contributed by atoms with Crippen LogP contribution in [-0.2, 0) is 0 Å². The number of hydrogen-bond donors (Lipinski definition) is 0. The molecule has 0 saturated heterocycles. The van der Waals surface area contributed by atoms with Crippen molar-refractivity contribution in [2.24, 2.45) is 0 Å². The third-order valence-electron chi connectivity index (χ3n) is 6.57. The molecule has 0 heterocycles. The van der Waals surface area contributed by atoms with Gasteiger partial charge in [-0.3, -0.25) is 0 Å². The van der Waals surface area contributed by atoms with Gasteiger partial charge in [-0.1, -0.05) is 42.0 Å². The number of nitriles is 2. The Kier molecular flexibility index (Phi) is 5.97. The minimum atomic E-state index is -4.97. The van der Waals surface area contributed by atoms with Gasteiger partial charge in [-0.2, -0.15) is 0 Å². The highest BCUT2D eigenvalue weighted by atomic mass is 19.4. The lowest BCUT2D eigenvalue weighted by Gasteiger charge is -2.13. The normalized spacial score (nSPS) is 15.4. The first-order chi connectivity index (χ1) is 19.1. The second-order valence-electron chi connectivity index (χ2n) is 8.79. The molecule has 0 bridgehead atoms. The quantitative estimate of drug-likeness (QED) is 0.196. The summed E-state index contributed by atoms with van der Waals surface area (Å²) in [6.07, 6.45) is -4.97. The van der Waals surface area contributed by atoms with E-state index in [1.165, 1.54) is 6.07 Å². The average Bonchev–Trinajstić information content (AvgIpc) is 3.41. The lowest BCUT2D eigenvalue weighted by atomic mass is 9.92.